The summed E-state index contributed by atoms with van der Waals surface area (Å²) in [6.07, 6.45) is 1.87. The summed E-state index contributed by atoms with van der Waals surface area (Å²) in [6, 6.07) is 5.72. The van der Waals surface area contributed by atoms with Crippen LogP contribution in [0.15, 0.2) is 27.5 Å². The summed E-state index contributed by atoms with van der Waals surface area (Å²) in [5, 5.41) is 7.05. The number of hydrogen-bond donors (Lipinski definition) is 1. The van der Waals surface area contributed by atoms with Crippen molar-refractivity contribution in [2.75, 3.05) is 6.54 Å². The molecule has 2 amide bonds. The van der Waals surface area contributed by atoms with Gasteiger partial charge in [0.2, 0.25) is 0 Å². The van der Waals surface area contributed by atoms with Gasteiger partial charge in [0, 0.05) is 32.7 Å². The number of fused-ring (bicyclic) bond motifs is 1. The van der Waals surface area contributed by atoms with E-state index in [4.69, 9.17) is 4.52 Å². The smallest absolute Gasteiger partial charge is 0.328 e. The van der Waals surface area contributed by atoms with E-state index in [0.29, 0.717) is 13.1 Å². The van der Waals surface area contributed by atoms with E-state index in [-0.39, 0.29) is 17.8 Å². The van der Waals surface area contributed by atoms with Gasteiger partial charge >= 0.3 is 11.7 Å². The minimum Gasteiger partial charge on any atom is -0.361 e. The molecular weight excluding hydrogens is 358 g/mol. The molecule has 1 N–H and O–H groups in total. The predicted octanol–water partition coefficient (Wildman–Crippen LogP) is 2.53. The van der Waals surface area contributed by atoms with E-state index in [9.17, 15) is 9.59 Å². The van der Waals surface area contributed by atoms with Crippen molar-refractivity contribution in [1.29, 1.82) is 0 Å². The first-order chi connectivity index (χ1) is 13.4. The highest BCUT2D eigenvalue weighted by atomic mass is 16.5. The monoisotopic (exact) mass is 383 g/mol. The van der Waals surface area contributed by atoms with E-state index in [1.165, 1.54) is 0 Å². The Bertz CT molecular complexity index is 1090. The summed E-state index contributed by atoms with van der Waals surface area (Å²) in [5.41, 5.74) is 4.49. The van der Waals surface area contributed by atoms with Crippen molar-refractivity contribution >= 4 is 17.1 Å². The van der Waals surface area contributed by atoms with Crippen molar-refractivity contribution in [3.05, 3.63) is 51.3 Å². The molecule has 0 radical (unpaired) electrons. The number of benzene rings is 1. The van der Waals surface area contributed by atoms with Crippen LogP contribution in [0.4, 0.5) is 4.79 Å². The highest BCUT2D eigenvalue weighted by molar-refractivity contribution is 5.78. The van der Waals surface area contributed by atoms with Gasteiger partial charge in [-0.15, -0.1) is 0 Å². The summed E-state index contributed by atoms with van der Waals surface area (Å²) >= 11 is 0. The molecule has 0 spiro atoms. The minimum absolute atomic E-state index is 0.00340. The number of amides is 2. The van der Waals surface area contributed by atoms with Crippen LogP contribution >= 0.6 is 0 Å². The van der Waals surface area contributed by atoms with E-state index in [1.54, 1.807) is 23.2 Å². The van der Waals surface area contributed by atoms with Crippen LogP contribution in [-0.4, -0.2) is 31.8 Å². The maximum Gasteiger partial charge on any atom is 0.328 e. The molecule has 1 aliphatic rings. The third kappa shape index (κ3) is 2.89. The van der Waals surface area contributed by atoms with Gasteiger partial charge in [-0.05, 0) is 44.4 Å². The molecule has 8 heteroatoms. The largest absolute Gasteiger partial charge is 0.361 e. The lowest BCUT2D eigenvalue weighted by molar-refractivity contribution is 0.192. The van der Waals surface area contributed by atoms with Crippen LogP contribution in [0.2, 0.25) is 0 Å². The zero-order valence-electron chi connectivity index (χ0n) is 16.7. The molecular formula is C20H25N5O3. The number of aryl methyl sites for hydroxylation is 4. The lowest BCUT2D eigenvalue weighted by Gasteiger charge is -2.25. The Balaban J connectivity index is 1.50. The number of nitrogens with zero attached hydrogens (tertiary/aromatic N) is 4. The number of aromatic nitrogens is 3. The number of carbonyl (C=O) groups is 1. The lowest BCUT2D eigenvalue weighted by Crippen LogP contribution is -2.39. The van der Waals surface area contributed by atoms with Crippen molar-refractivity contribution in [2.24, 2.45) is 14.1 Å². The molecule has 0 aliphatic carbocycles. The summed E-state index contributed by atoms with van der Waals surface area (Å²) in [4.78, 5) is 26.8. The predicted molar refractivity (Wildman–Crippen MR) is 105 cm³/mol. The normalized spacial score (nSPS) is 16.9. The second-order valence-electron chi connectivity index (χ2n) is 7.47. The second kappa shape index (κ2) is 6.85. The van der Waals surface area contributed by atoms with Crippen LogP contribution in [0.1, 0.15) is 41.5 Å². The Hall–Kier alpha value is -3.03. The maximum absolute atomic E-state index is 12.8. The fourth-order valence-electron chi connectivity index (χ4n) is 4.22. The van der Waals surface area contributed by atoms with Crippen molar-refractivity contribution < 1.29 is 9.32 Å². The minimum atomic E-state index is -0.0930. The van der Waals surface area contributed by atoms with Crippen LogP contribution in [0.3, 0.4) is 0 Å². The van der Waals surface area contributed by atoms with Gasteiger partial charge in [0.05, 0.1) is 22.8 Å². The van der Waals surface area contributed by atoms with Crippen molar-refractivity contribution in [3.63, 3.8) is 0 Å². The van der Waals surface area contributed by atoms with Gasteiger partial charge in [0.15, 0.2) is 0 Å². The van der Waals surface area contributed by atoms with E-state index < -0.39 is 0 Å². The Kier molecular flexibility index (Phi) is 4.49. The van der Waals surface area contributed by atoms with Gasteiger partial charge in [0.25, 0.3) is 0 Å². The number of carbonyl (C=O) groups excluding carboxylic acids is 1. The number of hydrogen-bond acceptors (Lipinski definition) is 4. The average molecular weight is 383 g/mol. The molecule has 28 heavy (non-hydrogen) atoms. The van der Waals surface area contributed by atoms with E-state index in [0.717, 1.165) is 46.5 Å². The molecule has 1 atom stereocenters. The van der Waals surface area contributed by atoms with Crippen molar-refractivity contribution in [3.8, 4) is 0 Å². The molecule has 1 aliphatic heterocycles. The van der Waals surface area contributed by atoms with Gasteiger partial charge in [-0.1, -0.05) is 11.2 Å². The Morgan fingerprint density at radius 3 is 2.71 bits per heavy atom. The number of nitrogens with one attached hydrogen (secondary N) is 1. The molecule has 0 saturated carbocycles. The quantitative estimate of drug-likeness (QED) is 0.753. The zero-order valence-corrected chi connectivity index (χ0v) is 16.7. The molecule has 148 valence electrons. The first-order valence-corrected chi connectivity index (χ1v) is 9.50. The topological polar surface area (TPSA) is 85.3 Å². The first-order valence-electron chi connectivity index (χ1n) is 9.50. The molecule has 1 fully saturated rings. The highest BCUT2D eigenvalue weighted by Gasteiger charge is 2.33. The lowest BCUT2D eigenvalue weighted by atomic mass is 10.0. The standard InChI is InChI=1S/C20H25N5O3/c1-12-18(13(2)28-22-12)16-6-5-9-25(16)19(26)21-11-14-7-8-15-17(10-14)24(4)20(27)23(15)3/h7-8,10,16H,5-6,9,11H2,1-4H3,(H,21,26)/t16-/m1/s1. The second-order valence-corrected chi connectivity index (χ2v) is 7.47. The molecule has 1 saturated heterocycles. The molecule has 3 aromatic rings. The van der Waals surface area contributed by atoms with Crippen molar-refractivity contribution in [2.45, 2.75) is 39.3 Å². The molecule has 0 bridgehead atoms. The highest BCUT2D eigenvalue weighted by Crippen LogP contribution is 2.35. The summed E-state index contributed by atoms with van der Waals surface area (Å²) < 4.78 is 8.53. The van der Waals surface area contributed by atoms with Crippen LogP contribution in [0, 0.1) is 13.8 Å². The van der Waals surface area contributed by atoms with E-state index in [1.807, 2.05) is 36.9 Å². The number of rotatable bonds is 3. The maximum atomic E-state index is 12.8. The third-order valence-electron chi connectivity index (χ3n) is 5.72. The van der Waals surface area contributed by atoms with E-state index >= 15 is 0 Å². The summed E-state index contributed by atoms with van der Waals surface area (Å²) in [7, 11) is 3.51. The van der Waals surface area contributed by atoms with Crippen molar-refractivity contribution in [1.82, 2.24) is 24.5 Å². The van der Waals surface area contributed by atoms with Crippen LogP contribution in [0.25, 0.3) is 11.0 Å². The summed E-state index contributed by atoms with van der Waals surface area (Å²) in [6.45, 7) is 4.93. The van der Waals surface area contributed by atoms with Crippen LogP contribution in [-0.2, 0) is 20.6 Å². The van der Waals surface area contributed by atoms with Crippen LogP contribution < -0.4 is 11.0 Å². The third-order valence-corrected chi connectivity index (χ3v) is 5.72. The van der Waals surface area contributed by atoms with Gasteiger partial charge in [-0.3, -0.25) is 9.13 Å². The first kappa shape index (κ1) is 18.3. The number of imidazole rings is 1. The SMILES string of the molecule is Cc1noc(C)c1[C@H]1CCCN1C(=O)NCc1ccc2c(c1)n(C)c(=O)n2C. The van der Waals surface area contributed by atoms with Gasteiger partial charge in [-0.25, -0.2) is 9.59 Å². The molecule has 2 aromatic heterocycles. The zero-order chi connectivity index (χ0) is 20.0. The molecule has 4 rings (SSSR count). The Morgan fingerprint density at radius 2 is 2.00 bits per heavy atom. The van der Waals surface area contributed by atoms with Gasteiger partial charge < -0.3 is 14.7 Å². The van der Waals surface area contributed by atoms with Gasteiger partial charge in [0.1, 0.15) is 5.76 Å². The molecule has 1 aromatic carbocycles. The fraction of sp³-hybridized carbons (Fsp3) is 0.450. The molecule has 8 nitrogen and oxygen atoms in total. The molecule has 3 heterocycles. The fourth-order valence-corrected chi connectivity index (χ4v) is 4.22. The molecule has 0 unspecified atom stereocenters. The number of likely N-dealkylation sites (tertiary alicyclic amines) is 1. The van der Waals surface area contributed by atoms with Crippen LogP contribution in [0.5, 0.6) is 0 Å². The Morgan fingerprint density at radius 1 is 1.25 bits per heavy atom. The number of urea groups is 1. The van der Waals surface area contributed by atoms with E-state index in [2.05, 4.69) is 10.5 Å². The van der Waals surface area contributed by atoms with Gasteiger partial charge in [-0.2, -0.15) is 0 Å². The Labute approximate surface area is 162 Å². The average Bonchev–Trinajstić information content (AvgIpc) is 3.34. The summed E-state index contributed by atoms with van der Waals surface area (Å²) in [5.74, 6) is 0.776.